The third kappa shape index (κ3) is 2.74. The van der Waals surface area contributed by atoms with Crippen LogP contribution in [0.2, 0.25) is 5.02 Å². The molecule has 0 aromatic heterocycles. The molecule has 0 spiro atoms. The minimum atomic E-state index is -1.09. The van der Waals surface area contributed by atoms with Gasteiger partial charge in [-0.25, -0.2) is 0 Å². The van der Waals surface area contributed by atoms with Crippen LogP contribution in [-0.4, -0.2) is 37.0 Å². The number of aliphatic hydroxyl groups is 1. The smallest absolute Gasteiger partial charge is 0.492 e. The summed E-state index contributed by atoms with van der Waals surface area (Å²) in [4.78, 5) is 0. The quantitative estimate of drug-likeness (QED) is 0.673. The van der Waals surface area contributed by atoms with Crippen LogP contribution in [0.1, 0.15) is 11.7 Å². The van der Waals surface area contributed by atoms with Gasteiger partial charge in [-0.1, -0.05) is 11.6 Å². The zero-order valence-corrected chi connectivity index (χ0v) is 11.1. The summed E-state index contributed by atoms with van der Waals surface area (Å²) >= 11 is 6.06. The molecule has 1 aromatic rings. The molecule has 1 aromatic carbocycles. The number of benzene rings is 1. The maximum absolute atomic E-state index is 9.81. The van der Waals surface area contributed by atoms with Crippen LogP contribution < -0.4 is 15.9 Å². The molecule has 1 heterocycles. The zero-order chi connectivity index (χ0) is 12.4. The first kappa shape index (κ1) is 15.6. The Kier molecular flexibility index (Phi) is 5.71. The normalized spacial score (nSPS) is 17.3. The molecule has 1 aliphatic heterocycles. The summed E-state index contributed by atoms with van der Waals surface area (Å²) in [5.74, 6) is 0.460. The molecule has 0 amide bonds. The van der Waals surface area contributed by atoms with Crippen LogP contribution in [0.3, 0.4) is 0 Å². The fourth-order valence-electron chi connectivity index (χ4n) is 1.92. The highest BCUT2D eigenvalue weighted by molar-refractivity contribution is 6.63. The number of ether oxygens (including phenoxy) is 1. The molecular formula is C10H14BCl2NO4. The molecule has 2 rings (SSSR count). The predicted molar refractivity (Wildman–Crippen MR) is 71.8 cm³/mol. The molecule has 0 bridgehead atoms. The van der Waals surface area contributed by atoms with Crippen LogP contribution in [0.5, 0.6) is 5.75 Å². The van der Waals surface area contributed by atoms with E-state index in [1.54, 1.807) is 12.1 Å². The Balaban J connectivity index is 0.00000162. The molecule has 0 saturated heterocycles. The third-order valence-electron chi connectivity index (χ3n) is 2.62. The first-order chi connectivity index (χ1) is 8.19. The first-order valence-electron chi connectivity index (χ1n) is 5.28. The highest BCUT2D eigenvalue weighted by atomic mass is 35.5. The van der Waals surface area contributed by atoms with Gasteiger partial charge >= 0.3 is 7.12 Å². The van der Waals surface area contributed by atoms with Gasteiger partial charge in [0.1, 0.15) is 12.4 Å². The fraction of sp³-hybridized carbons (Fsp3) is 0.400. The van der Waals surface area contributed by atoms with Crippen molar-refractivity contribution in [3.8, 4) is 5.75 Å². The molecule has 100 valence electrons. The van der Waals surface area contributed by atoms with Crippen LogP contribution >= 0.6 is 24.0 Å². The number of hydrogen-bond donors (Lipinski definition) is 3. The lowest BCUT2D eigenvalue weighted by molar-refractivity contribution is 0.197. The van der Waals surface area contributed by atoms with Gasteiger partial charge < -0.3 is 25.3 Å². The third-order valence-corrected chi connectivity index (χ3v) is 2.95. The lowest BCUT2D eigenvalue weighted by Crippen LogP contribution is -2.30. The molecule has 1 aliphatic rings. The molecule has 1 atom stereocenters. The van der Waals surface area contributed by atoms with Gasteiger partial charge in [-0.15, -0.1) is 12.4 Å². The number of rotatable bonds is 4. The second kappa shape index (κ2) is 6.61. The van der Waals surface area contributed by atoms with Crippen molar-refractivity contribution >= 4 is 36.6 Å². The summed E-state index contributed by atoms with van der Waals surface area (Å²) in [6, 6.07) is 3.31. The van der Waals surface area contributed by atoms with E-state index in [-0.39, 0.29) is 32.2 Å². The monoisotopic (exact) mass is 293 g/mol. The largest absolute Gasteiger partial charge is 0.495 e. The lowest BCUT2D eigenvalue weighted by Gasteiger charge is -2.12. The van der Waals surface area contributed by atoms with Gasteiger partial charge in [0.2, 0.25) is 0 Å². The molecule has 0 fully saturated rings. The van der Waals surface area contributed by atoms with E-state index >= 15 is 0 Å². The van der Waals surface area contributed by atoms with Gasteiger partial charge in [-0.05, 0) is 12.1 Å². The van der Waals surface area contributed by atoms with Gasteiger partial charge in [-0.3, -0.25) is 0 Å². The van der Waals surface area contributed by atoms with Crippen molar-refractivity contribution in [2.45, 2.75) is 6.10 Å². The molecule has 0 saturated carbocycles. The second-order valence-corrected chi connectivity index (χ2v) is 4.06. The maximum atomic E-state index is 9.81. The molecule has 4 N–H and O–H groups in total. The van der Waals surface area contributed by atoms with Crippen molar-refractivity contribution in [1.29, 1.82) is 0 Å². The molecule has 0 aliphatic carbocycles. The Morgan fingerprint density at radius 2 is 2.22 bits per heavy atom. The van der Waals surface area contributed by atoms with E-state index in [1.807, 2.05) is 0 Å². The molecule has 18 heavy (non-hydrogen) atoms. The number of aliphatic hydroxyl groups excluding tert-OH is 1. The highest BCUT2D eigenvalue weighted by Crippen LogP contribution is 2.32. The van der Waals surface area contributed by atoms with Crippen molar-refractivity contribution in [3.05, 3.63) is 22.7 Å². The standard InChI is InChI=1S/C10H13BClNO4.ClH/c12-6-1-2-7(16-4-3-14)10-9(6)8(5-13)17-11(10)15;/h1-2,8,14-15H,3-5,13H2;1H/t8-;/m1./s1. The first-order valence-corrected chi connectivity index (χ1v) is 5.66. The minimum absolute atomic E-state index is 0. The van der Waals surface area contributed by atoms with E-state index in [1.165, 1.54) is 0 Å². The average Bonchev–Trinajstić information content (AvgIpc) is 2.67. The highest BCUT2D eigenvalue weighted by Gasteiger charge is 2.39. The van der Waals surface area contributed by atoms with Crippen LogP contribution in [0, 0.1) is 0 Å². The van der Waals surface area contributed by atoms with Crippen molar-refractivity contribution in [2.24, 2.45) is 5.73 Å². The summed E-state index contributed by atoms with van der Waals surface area (Å²) < 4.78 is 10.6. The summed E-state index contributed by atoms with van der Waals surface area (Å²) in [5.41, 5.74) is 6.72. The van der Waals surface area contributed by atoms with Crippen LogP contribution in [0.4, 0.5) is 0 Å². The van der Waals surface area contributed by atoms with Crippen LogP contribution in [0.15, 0.2) is 12.1 Å². The van der Waals surface area contributed by atoms with Crippen LogP contribution in [-0.2, 0) is 4.65 Å². The van der Waals surface area contributed by atoms with Crippen molar-refractivity contribution in [1.82, 2.24) is 0 Å². The Morgan fingerprint density at radius 3 is 2.83 bits per heavy atom. The Hall–Kier alpha value is -0.495. The predicted octanol–water partition coefficient (Wildman–Crippen LogP) is -0.150. The lowest BCUT2D eigenvalue weighted by atomic mass is 9.78. The fourth-order valence-corrected chi connectivity index (χ4v) is 2.20. The Labute approximate surface area is 116 Å². The summed E-state index contributed by atoms with van der Waals surface area (Å²) in [6.45, 7) is 0.274. The van der Waals surface area contributed by atoms with Gasteiger partial charge in [-0.2, -0.15) is 0 Å². The number of fused-ring (bicyclic) bond motifs is 1. The van der Waals surface area contributed by atoms with Crippen molar-refractivity contribution < 1.29 is 19.5 Å². The van der Waals surface area contributed by atoms with E-state index in [2.05, 4.69) is 0 Å². The molecule has 0 radical (unpaired) electrons. The minimum Gasteiger partial charge on any atom is -0.492 e. The zero-order valence-electron chi connectivity index (χ0n) is 9.51. The topological polar surface area (TPSA) is 84.9 Å². The van der Waals surface area contributed by atoms with E-state index in [0.29, 0.717) is 21.8 Å². The Bertz CT molecular complexity index is 421. The number of halogens is 2. The average molecular weight is 294 g/mol. The SMILES string of the molecule is Cl.NC[C@H]1OB(O)c2c(OCCO)ccc(Cl)c21. The second-order valence-electron chi connectivity index (χ2n) is 3.66. The summed E-state index contributed by atoms with van der Waals surface area (Å²) in [6.07, 6.45) is -0.426. The van der Waals surface area contributed by atoms with E-state index in [9.17, 15) is 5.02 Å². The van der Waals surface area contributed by atoms with Gasteiger partial charge in [0, 0.05) is 22.6 Å². The van der Waals surface area contributed by atoms with Crippen molar-refractivity contribution in [2.75, 3.05) is 19.8 Å². The van der Waals surface area contributed by atoms with E-state index in [4.69, 9.17) is 31.8 Å². The number of hydrogen-bond acceptors (Lipinski definition) is 5. The molecule has 8 heteroatoms. The van der Waals surface area contributed by atoms with Gasteiger partial charge in [0.05, 0.1) is 12.7 Å². The number of nitrogens with two attached hydrogens (primary N) is 1. The summed E-state index contributed by atoms with van der Waals surface area (Å²) in [7, 11) is -1.09. The van der Waals surface area contributed by atoms with Crippen molar-refractivity contribution in [3.63, 3.8) is 0 Å². The molecule has 0 unspecified atom stereocenters. The Morgan fingerprint density at radius 1 is 1.50 bits per heavy atom. The van der Waals surface area contributed by atoms with Gasteiger partial charge in [0.15, 0.2) is 0 Å². The maximum Gasteiger partial charge on any atom is 0.495 e. The summed E-state index contributed by atoms with van der Waals surface area (Å²) in [5, 5.41) is 19.0. The van der Waals surface area contributed by atoms with E-state index in [0.717, 1.165) is 0 Å². The molecular weight excluding hydrogens is 280 g/mol. The molecule has 5 nitrogen and oxygen atoms in total. The van der Waals surface area contributed by atoms with Gasteiger partial charge in [0.25, 0.3) is 0 Å². The van der Waals surface area contributed by atoms with E-state index < -0.39 is 13.2 Å². The van der Waals surface area contributed by atoms with Crippen LogP contribution in [0.25, 0.3) is 0 Å².